The van der Waals surface area contributed by atoms with Crippen molar-refractivity contribution in [1.82, 2.24) is 20.2 Å². The number of nitrogens with one attached hydrogen (secondary N) is 2. The molecule has 1 unspecified atom stereocenters. The van der Waals surface area contributed by atoms with Crippen molar-refractivity contribution in [3.05, 3.63) is 18.2 Å². The molecule has 7 nitrogen and oxygen atoms in total. The molecule has 0 aromatic carbocycles. The molecule has 0 radical (unpaired) electrons. The normalized spacial score (nSPS) is 11.9. The van der Waals surface area contributed by atoms with Crippen LogP contribution in [0, 0.1) is 0 Å². The van der Waals surface area contributed by atoms with Crippen molar-refractivity contribution in [2.45, 2.75) is 32.2 Å². The van der Waals surface area contributed by atoms with Crippen molar-refractivity contribution >= 4 is 12.0 Å². The predicted molar refractivity (Wildman–Crippen MR) is 69.8 cm³/mol. The molecule has 0 aliphatic carbocycles. The van der Waals surface area contributed by atoms with Gasteiger partial charge in [0.1, 0.15) is 5.82 Å². The standard InChI is InChI=1S/C12H20N4O3/c1-3-9(8-11(17)18)15-12(19)14-5-4-10-13-6-7-16(10)2/h6-7,9H,3-5,8H2,1-2H3,(H,17,18)(H2,14,15,19). The minimum atomic E-state index is -0.917. The van der Waals surface area contributed by atoms with Crippen LogP contribution in [0.1, 0.15) is 25.6 Å². The molecule has 19 heavy (non-hydrogen) atoms. The van der Waals surface area contributed by atoms with Gasteiger partial charge in [-0.25, -0.2) is 9.78 Å². The van der Waals surface area contributed by atoms with E-state index in [0.717, 1.165) is 5.82 Å². The summed E-state index contributed by atoms with van der Waals surface area (Å²) >= 11 is 0. The molecule has 7 heteroatoms. The number of imidazole rings is 1. The molecule has 106 valence electrons. The number of carbonyl (C=O) groups is 2. The molecule has 0 aliphatic rings. The van der Waals surface area contributed by atoms with Crippen molar-refractivity contribution in [1.29, 1.82) is 0 Å². The number of aliphatic carboxylic acids is 1. The van der Waals surface area contributed by atoms with Gasteiger partial charge in [-0.2, -0.15) is 0 Å². The number of carboxylic acid groups (broad SMARTS) is 1. The van der Waals surface area contributed by atoms with Gasteiger partial charge in [0, 0.05) is 38.4 Å². The van der Waals surface area contributed by atoms with E-state index >= 15 is 0 Å². The van der Waals surface area contributed by atoms with Gasteiger partial charge >= 0.3 is 12.0 Å². The molecule has 0 spiro atoms. The van der Waals surface area contributed by atoms with Crippen molar-refractivity contribution in [3.8, 4) is 0 Å². The van der Waals surface area contributed by atoms with E-state index in [1.807, 2.05) is 24.7 Å². The summed E-state index contributed by atoms with van der Waals surface area (Å²) in [5.41, 5.74) is 0. The summed E-state index contributed by atoms with van der Waals surface area (Å²) in [6.07, 6.45) is 4.69. The lowest BCUT2D eigenvalue weighted by Crippen LogP contribution is -2.43. The lowest BCUT2D eigenvalue weighted by atomic mass is 10.1. The molecule has 3 N–H and O–H groups in total. The maximum absolute atomic E-state index is 11.6. The number of aryl methyl sites for hydroxylation is 1. The van der Waals surface area contributed by atoms with E-state index in [-0.39, 0.29) is 18.5 Å². The summed E-state index contributed by atoms with van der Waals surface area (Å²) < 4.78 is 1.89. The maximum Gasteiger partial charge on any atom is 0.315 e. The third-order valence-electron chi connectivity index (χ3n) is 2.80. The Morgan fingerprint density at radius 1 is 1.53 bits per heavy atom. The Hall–Kier alpha value is -2.05. The van der Waals surface area contributed by atoms with Crippen LogP contribution >= 0.6 is 0 Å². The number of aromatic nitrogens is 2. The third-order valence-corrected chi connectivity index (χ3v) is 2.80. The molecule has 1 rings (SSSR count). The van der Waals surface area contributed by atoms with Gasteiger partial charge in [0.2, 0.25) is 0 Å². The zero-order valence-corrected chi connectivity index (χ0v) is 11.2. The van der Waals surface area contributed by atoms with Crippen LogP contribution in [0.3, 0.4) is 0 Å². The van der Waals surface area contributed by atoms with Crippen molar-refractivity contribution in [2.75, 3.05) is 6.54 Å². The molecule has 0 saturated heterocycles. The van der Waals surface area contributed by atoms with E-state index in [4.69, 9.17) is 5.11 Å². The summed E-state index contributed by atoms with van der Waals surface area (Å²) in [6, 6.07) is -0.687. The molecule has 1 aromatic rings. The molecule has 0 saturated carbocycles. The van der Waals surface area contributed by atoms with Gasteiger partial charge in [-0.05, 0) is 6.42 Å². The fourth-order valence-electron chi connectivity index (χ4n) is 1.67. The van der Waals surface area contributed by atoms with Crippen LogP contribution in [0.5, 0.6) is 0 Å². The van der Waals surface area contributed by atoms with Gasteiger partial charge < -0.3 is 20.3 Å². The van der Waals surface area contributed by atoms with Gasteiger partial charge in [-0.1, -0.05) is 6.92 Å². The number of hydrogen-bond donors (Lipinski definition) is 3. The van der Waals surface area contributed by atoms with E-state index < -0.39 is 5.97 Å². The first-order valence-electron chi connectivity index (χ1n) is 6.25. The first-order chi connectivity index (χ1) is 9.02. The highest BCUT2D eigenvalue weighted by atomic mass is 16.4. The second-order valence-corrected chi connectivity index (χ2v) is 4.31. The Kier molecular flexibility index (Phi) is 5.84. The summed E-state index contributed by atoms with van der Waals surface area (Å²) in [4.78, 5) is 26.3. The van der Waals surface area contributed by atoms with E-state index in [1.54, 1.807) is 6.20 Å². The topological polar surface area (TPSA) is 96.2 Å². The Morgan fingerprint density at radius 2 is 2.26 bits per heavy atom. The zero-order chi connectivity index (χ0) is 14.3. The van der Waals surface area contributed by atoms with Crippen LogP contribution in [-0.2, 0) is 18.3 Å². The molecular formula is C12H20N4O3. The van der Waals surface area contributed by atoms with Crippen LogP contribution in [0.2, 0.25) is 0 Å². The molecule has 2 amide bonds. The average molecular weight is 268 g/mol. The number of amides is 2. The third kappa shape index (κ3) is 5.41. The monoisotopic (exact) mass is 268 g/mol. The van der Waals surface area contributed by atoms with Crippen LogP contribution in [0.4, 0.5) is 4.79 Å². The molecule has 1 heterocycles. The van der Waals surface area contributed by atoms with Crippen LogP contribution < -0.4 is 10.6 Å². The number of carboxylic acids is 1. The number of carbonyl (C=O) groups excluding carboxylic acids is 1. The lowest BCUT2D eigenvalue weighted by molar-refractivity contribution is -0.137. The van der Waals surface area contributed by atoms with E-state index in [1.165, 1.54) is 0 Å². The Balaban J connectivity index is 2.27. The largest absolute Gasteiger partial charge is 0.481 e. The maximum atomic E-state index is 11.6. The lowest BCUT2D eigenvalue weighted by Gasteiger charge is -2.15. The van der Waals surface area contributed by atoms with Crippen molar-refractivity contribution in [2.24, 2.45) is 7.05 Å². The highest BCUT2D eigenvalue weighted by Crippen LogP contribution is 1.97. The summed E-state index contributed by atoms with van der Waals surface area (Å²) in [5.74, 6) is -0.0296. The molecular weight excluding hydrogens is 248 g/mol. The van der Waals surface area contributed by atoms with Crippen molar-refractivity contribution in [3.63, 3.8) is 0 Å². The molecule has 0 bridgehead atoms. The Bertz CT molecular complexity index is 430. The van der Waals surface area contributed by atoms with Gasteiger partial charge in [0.05, 0.1) is 6.42 Å². The van der Waals surface area contributed by atoms with Crippen LogP contribution in [0.15, 0.2) is 12.4 Å². The number of rotatable bonds is 7. The summed E-state index contributed by atoms with van der Waals surface area (Å²) in [6.45, 7) is 2.29. The molecule has 0 fully saturated rings. The highest BCUT2D eigenvalue weighted by molar-refractivity contribution is 5.75. The van der Waals surface area contributed by atoms with Gasteiger partial charge in [-0.15, -0.1) is 0 Å². The number of hydrogen-bond acceptors (Lipinski definition) is 3. The minimum Gasteiger partial charge on any atom is -0.481 e. The SMILES string of the molecule is CCC(CC(=O)O)NC(=O)NCCc1nccn1C. The van der Waals surface area contributed by atoms with Gasteiger partial charge in [0.15, 0.2) is 0 Å². The van der Waals surface area contributed by atoms with Gasteiger partial charge in [-0.3, -0.25) is 4.79 Å². The smallest absolute Gasteiger partial charge is 0.315 e. The van der Waals surface area contributed by atoms with Crippen LogP contribution in [0.25, 0.3) is 0 Å². The fraction of sp³-hybridized carbons (Fsp3) is 0.583. The first-order valence-corrected chi connectivity index (χ1v) is 6.25. The number of nitrogens with zero attached hydrogens (tertiary/aromatic N) is 2. The van der Waals surface area contributed by atoms with E-state index in [2.05, 4.69) is 15.6 Å². The second kappa shape index (κ2) is 7.40. The van der Waals surface area contributed by atoms with Gasteiger partial charge in [0.25, 0.3) is 0 Å². The number of urea groups is 1. The minimum absolute atomic E-state index is 0.0662. The molecule has 0 aliphatic heterocycles. The Morgan fingerprint density at radius 3 is 2.79 bits per heavy atom. The average Bonchev–Trinajstić information content (AvgIpc) is 2.73. The van der Waals surface area contributed by atoms with Crippen LogP contribution in [-0.4, -0.2) is 39.2 Å². The Labute approximate surface area is 112 Å². The highest BCUT2D eigenvalue weighted by Gasteiger charge is 2.13. The summed E-state index contributed by atoms with van der Waals surface area (Å²) in [7, 11) is 1.89. The zero-order valence-electron chi connectivity index (χ0n) is 11.2. The molecule has 1 aromatic heterocycles. The molecule has 1 atom stereocenters. The predicted octanol–water partition coefficient (Wildman–Crippen LogP) is 0.515. The second-order valence-electron chi connectivity index (χ2n) is 4.31. The van der Waals surface area contributed by atoms with E-state index in [0.29, 0.717) is 19.4 Å². The summed E-state index contributed by atoms with van der Waals surface area (Å²) in [5, 5.41) is 14.0. The first kappa shape index (κ1) is 15.0. The fourth-order valence-corrected chi connectivity index (χ4v) is 1.67. The quantitative estimate of drug-likeness (QED) is 0.671. The van der Waals surface area contributed by atoms with E-state index in [9.17, 15) is 9.59 Å². The van der Waals surface area contributed by atoms with Crippen molar-refractivity contribution < 1.29 is 14.7 Å².